The van der Waals surface area contributed by atoms with E-state index in [1.165, 1.54) is 0 Å². The lowest BCUT2D eigenvalue weighted by atomic mass is 9.91. The Labute approximate surface area is 55.3 Å². The Balaban J connectivity index is 3.28. The van der Waals surface area contributed by atoms with Crippen molar-refractivity contribution in [2.75, 3.05) is 0 Å². The minimum Gasteiger partial charge on any atom is -0.210 e. The van der Waals surface area contributed by atoms with Crippen molar-refractivity contribution in [1.82, 2.24) is 0 Å². The first kappa shape index (κ1) is 8.86. The molecular weight excluding hydrogens is 122 g/mol. The molecule has 0 aromatic rings. The van der Waals surface area contributed by atoms with E-state index in [2.05, 4.69) is 0 Å². The molecule has 0 amide bonds. The first-order valence-corrected chi connectivity index (χ1v) is 3.03. The van der Waals surface area contributed by atoms with E-state index in [-0.39, 0.29) is 5.41 Å². The monoisotopic (exact) mass is 135 g/mol. The molecule has 0 saturated heterocycles. The Morgan fingerprint density at radius 1 is 1.33 bits per heavy atom. The van der Waals surface area contributed by atoms with Crippen molar-refractivity contribution >= 4 is 0 Å². The van der Waals surface area contributed by atoms with Gasteiger partial charge in [-0.2, -0.15) is 0 Å². The number of hydrogen-bond donors (Lipinski definition) is 0. The molecule has 55 valence electrons. The molecule has 0 atom stereocenters. The topological polar surface area (TPSA) is 0 Å². The standard InChI is InChI=1S/C7H13F2/c1-7(2,3)5-4-6(8)9/h4,6H,5H2,1-3H3. The summed E-state index contributed by atoms with van der Waals surface area (Å²) in [5.74, 6) is 0. The molecule has 0 N–H and O–H groups in total. The second-order valence-corrected chi connectivity index (χ2v) is 3.33. The van der Waals surface area contributed by atoms with E-state index < -0.39 is 6.43 Å². The summed E-state index contributed by atoms with van der Waals surface area (Å²) < 4.78 is 23.0. The minimum atomic E-state index is -2.26. The van der Waals surface area contributed by atoms with Crippen LogP contribution in [-0.4, -0.2) is 6.43 Å². The van der Waals surface area contributed by atoms with Gasteiger partial charge < -0.3 is 0 Å². The highest BCUT2D eigenvalue weighted by Gasteiger charge is 2.13. The highest BCUT2D eigenvalue weighted by molar-refractivity contribution is 4.75. The Bertz CT molecular complexity index is 71.5. The molecule has 9 heavy (non-hydrogen) atoms. The van der Waals surface area contributed by atoms with Gasteiger partial charge in [-0.25, -0.2) is 8.78 Å². The van der Waals surface area contributed by atoms with Crippen LogP contribution in [0.2, 0.25) is 0 Å². The predicted octanol–water partition coefficient (Wildman–Crippen LogP) is 2.89. The number of halogens is 2. The van der Waals surface area contributed by atoms with E-state index in [0.717, 1.165) is 6.42 Å². The fourth-order valence-electron chi connectivity index (χ4n) is 0.443. The highest BCUT2D eigenvalue weighted by atomic mass is 19.3. The first-order valence-electron chi connectivity index (χ1n) is 3.03. The van der Waals surface area contributed by atoms with Gasteiger partial charge in [-0.3, -0.25) is 0 Å². The van der Waals surface area contributed by atoms with Crippen molar-refractivity contribution in [3.8, 4) is 0 Å². The maximum atomic E-state index is 11.5. The molecule has 2 heteroatoms. The van der Waals surface area contributed by atoms with E-state index >= 15 is 0 Å². The van der Waals surface area contributed by atoms with Gasteiger partial charge >= 0.3 is 0 Å². The van der Waals surface area contributed by atoms with Crippen LogP contribution in [0.5, 0.6) is 0 Å². The lowest BCUT2D eigenvalue weighted by molar-refractivity contribution is 0.170. The van der Waals surface area contributed by atoms with Crippen LogP contribution in [0, 0.1) is 11.8 Å². The molecule has 0 nitrogen and oxygen atoms in total. The molecule has 0 bridgehead atoms. The highest BCUT2D eigenvalue weighted by Crippen LogP contribution is 2.21. The number of alkyl halides is 2. The summed E-state index contributed by atoms with van der Waals surface area (Å²) in [6.45, 7) is 5.81. The van der Waals surface area contributed by atoms with Crippen LogP contribution in [0.25, 0.3) is 0 Å². The fourth-order valence-corrected chi connectivity index (χ4v) is 0.443. The number of rotatable bonds is 2. The van der Waals surface area contributed by atoms with E-state index in [1.54, 1.807) is 0 Å². The average Bonchev–Trinajstić information content (AvgIpc) is 1.59. The molecule has 0 aliphatic heterocycles. The van der Waals surface area contributed by atoms with Gasteiger partial charge in [0.15, 0.2) is 0 Å². The third kappa shape index (κ3) is 7.86. The van der Waals surface area contributed by atoms with Crippen LogP contribution in [0.1, 0.15) is 27.2 Å². The number of hydrogen-bond acceptors (Lipinski definition) is 0. The Morgan fingerprint density at radius 2 is 1.78 bits per heavy atom. The third-order valence-corrected chi connectivity index (χ3v) is 0.908. The molecule has 0 aliphatic carbocycles. The summed E-state index contributed by atoms with van der Waals surface area (Å²) in [5, 5.41) is 0. The minimum absolute atomic E-state index is 0.00354. The molecule has 0 unspecified atom stereocenters. The van der Waals surface area contributed by atoms with Gasteiger partial charge in [0.2, 0.25) is 6.43 Å². The van der Waals surface area contributed by atoms with Crippen molar-refractivity contribution < 1.29 is 8.78 Å². The van der Waals surface area contributed by atoms with Gasteiger partial charge in [0.05, 0.1) is 0 Å². The van der Waals surface area contributed by atoms with Crippen molar-refractivity contribution in [2.24, 2.45) is 5.41 Å². The molecule has 0 aromatic carbocycles. The largest absolute Gasteiger partial charge is 0.241 e. The molecule has 0 heterocycles. The van der Waals surface area contributed by atoms with Gasteiger partial charge in [0, 0.05) is 6.42 Å². The SMILES string of the molecule is CC(C)(C)C[CH]C(F)F. The van der Waals surface area contributed by atoms with Crippen LogP contribution < -0.4 is 0 Å². The molecule has 0 saturated carbocycles. The van der Waals surface area contributed by atoms with Crippen LogP contribution in [0.4, 0.5) is 8.78 Å². The quantitative estimate of drug-likeness (QED) is 0.546. The first-order chi connectivity index (χ1) is 3.92. The van der Waals surface area contributed by atoms with E-state index in [4.69, 9.17) is 0 Å². The van der Waals surface area contributed by atoms with Crippen LogP contribution in [0.3, 0.4) is 0 Å². The van der Waals surface area contributed by atoms with Gasteiger partial charge in [-0.05, 0) is 11.8 Å². The smallest absolute Gasteiger partial charge is 0.210 e. The fraction of sp³-hybridized carbons (Fsp3) is 0.857. The Morgan fingerprint density at radius 3 is 1.89 bits per heavy atom. The zero-order chi connectivity index (χ0) is 7.49. The van der Waals surface area contributed by atoms with E-state index in [9.17, 15) is 8.78 Å². The van der Waals surface area contributed by atoms with Crippen molar-refractivity contribution in [1.29, 1.82) is 0 Å². The summed E-state index contributed by atoms with van der Waals surface area (Å²) >= 11 is 0. The van der Waals surface area contributed by atoms with E-state index in [0.29, 0.717) is 6.42 Å². The Kier molecular flexibility index (Phi) is 3.09. The zero-order valence-corrected chi connectivity index (χ0v) is 6.12. The third-order valence-electron chi connectivity index (χ3n) is 0.908. The van der Waals surface area contributed by atoms with Crippen LogP contribution in [-0.2, 0) is 0 Å². The lowest BCUT2D eigenvalue weighted by Gasteiger charge is -2.16. The van der Waals surface area contributed by atoms with Crippen molar-refractivity contribution in [3.63, 3.8) is 0 Å². The second kappa shape index (κ2) is 3.14. The van der Waals surface area contributed by atoms with Gasteiger partial charge in [0.25, 0.3) is 0 Å². The summed E-state index contributed by atoms with van der Waals surface area (Å²) in [6, 6.07) is 0. The average molecular weight is 135 g/mol. The maximum Gasteiger partial charge on any atom is 0.241 e. The van der Waals surface area contributed by atoms with Crippen molar-refractivity contribution in [3.05, 3.63) is 6.42 Å². The molecule has 0 aliphatic rings. The molecule has 0 fully saturated rings. The lowest BCUT2D eigenvalue weighted by Crippen LogP contribution is -2.07. The zero-order valence-electron chi connectivity index (χ0n) is 6.12. The maximum absolute atomic E-state index is 11.5. The van der Waals surface area contributed by atoms with E-state index in [1.807, 2.05) is 20.8 Å². The van der Waals surface area contributed by atoms with Gasteiger partial charge in [-0.1, -0.05) is 20.8 Å². The summed E-state index contributed by atoms with van der Waals surface area (Å²) in [5.41, 5.74) is -0.00354. The van der Waals surface area contributed by atoms with Crippen LogP contribution >= 0.6 is 0 Å². The summed E-state index contributed by atoms with van der Waals surface area (Å²) in [4.78, 5) is 0. The van der Waals surface area contributed by atoms with Gasteiger partial charge in [0.1, 0.15) is 0 Å². The molecule has 0 aromatic heterocycles. The molecule has 0 spiro atoms. The predicted molar refractivity (Wildman–Crippen MR) is 34.4 cm³/mol. The van der Waals surface area contributed by atoms with Crippen LogP contribution in [0.15, 0.2) is 0 Å². The molecule has 1 radical (unpaired) electrons. The normalized spacial score (nSPS) is 12.7. The van der Waals surface area contributed by atoms with Crippen molar-refractivity contribution in [2.45, 2.75) is 33.6 Å². The molecule has 0 rings (SSSR count). The summed E-state index contributed by atoms with van der Waals surface area (Å²) in [6.07, 6.45) is -0.741. The Hall–Kier alpha value is -0.140. The second-order valence-electron chi connectivity index (χ2n) is 3.33. The molecular formula is C7H13F2. The summed E-state index contributed by atoms with van der Waals surface area (Å²) in [7, 11) is 0. The van der Waals surface area contributed by atoms with Gasteiger partial charge in [-0.15, -0.1) is 0 Å².